The van der Waals surface area contributed by atoms with E-state index in [1.54, 1.807) is 7.05 Å². The van der Waals surface area contributed by atoms with E-state index < -0.39 is 0 Å². The number of hydrogen-bond acceptors (Lipinski definition) is 4. The molecule has 0 N–H and O–H groups in total. The van der Waals surface area contributed by atoms with Crippen LogP contribution in [0.2, 0.25) is 0 Å². The first-order chi connectivity index (χ1) is 14.6. The van der Waals surface area contributed by atoms with Gasteiger partial charge in [0.05, 0.1) is 5.69 Å². The van der Waals surface area contributed by atoms with Crippen molar-refractivity contribution < 1.29 is 4.74 Å². The molecule has 6 nitrogen and oxygen atoms in total. The summed E-state index contributed by atoms with van der Waals surface area (Å²) in [5.41, 5.74) is 4.55. The number of hydrogen-bond donors (Lipinski definition) is 0. The van der Waals surface area contributed by atoms with Gasteiger partial charge in [-0.05, 0) is 52.2 Å². The van der Waals surface area contributed by atoms with Crippen molar-refractivity contribution in [2.75, 3.05) is 0 Å². The molecule has 0 radical (unpaired) electrons. The highest BCUT2D eigenvalue weighted by Crippen LogP contribution is 2.21. The second kappa shape index (κ2) is 8.61. The van der Waals surface area contributed by atoms with Crippen LogP contribution < -0.4 is 10.4 Å². The van der Waals surface area contributed by atoms with Gasteiger partial charge < -0.3 is 4.74 Å². The molecule has 1 heterocycles. The third kappa shape index (κ3) is 4.22. The molecule has 1 aromatic heterocycles. The fourth-order valence-corrected chi connectivity index (χ4v) is 3.13. The van der Waals surface area contributed by atoms with Crippen molar-refractivity contribution in [1.29, 1.82) is 0 Å². The van der Waals surface area contributed by atoms with Crippen molar-refractivity contribution in [3.8, 4) is 11.4 Å². The molecule has 0 aliphatic carbocycles. The molecular weight excluding hydrogens is 376 g/mol. The van der Waals surface area contributed by atoms with Crippen LogP contribution in [0, 0.1) is 6.92 Å². The van der Waals surface area contributed by atoms with Crippen LogP contribution in [-0.2, 0) is 13.7 Å². The van der Waals surface area contributed by atoms with Crippen molar-refractivity contribution in [3.63, 3.8) is 0 Å². The van der Waals surface area contributed by atoms with Gasteiger partial charge in [0.25, 0.3) is 0 Å². The number of tetrazole rings is 1. The van der Waals surface area contributed by atoms with E-state index in [0.717, 1.165) is 28.0 Å². The molecule has 0 bridgehead atoms. The molecular formula is C24H22N4O2. The zero-order chi connectivity index (χ0) is 20.9. The molecule has 0 amide bonds. The summed E-state index contributed by atoms with van der Waals surface area (Å²) in [4.78, 5) is 12.3. The number of rotatable bonds is 6. The lowest BCUT2D eigenvalue weighted by atomic mass is 10.0. The van der Waals surface area contributed by atoms with Crippen molar-refractivity contribution in [3.05, 3.63) is 106 Å². The minimum Gasteiger partial charge on any atom is -0.489 e. The molecule has 4 rings (SSSR count). The molecule has 0 saturated carbocycles. The topological polar surface area (TPSA) is 61.9 Å². The maximum atomic E-state index is 12.3. The Balaban J connectivity index is 1.53. The van der Waals surface area contributed by atoms with E-state index in [-0.39, 0.29) is 5.69 Å². The van der Waals surface area contributed by atoms with Gasteiger partial charge in [-0.15, -0.1) is 0 Å². The van der Waals surface area contributed by atoms with E-state index in [1.165, 1.54) is 9.36 Å². The van der Waals surface area contributed by atoms with Gasteiger partial charge in [0, 0.05) is 12.6 Å². The molecule has 0 atom stereocenters. The Morgan fingerprint density at radius 1 is 0.900 bits per heavy atom. The average Bonchev–Trinajstić information content (AvgIpc) is 3.11. The van der Waals surface area contributed by atoms with Gasteiger partial charge in [0.15, 0.2) is 0 Å². The van der Waals surface area contributed by atoms with Crippen molar-refractivity contribution >= 4 is 12.2 Å². The zero-order valence-electron chi connectivity index (χ0n) is 16.9. The highest BCUT2D eigenvalue weighted by Gasteiger charge is 2.11. The monoisotopic (exact) mass is 398 g/mol. The number of nitrogens with zero attached hydrogens (tertiary/aromatic N) is 4. The van der Waals surface area contributed by atoms with Crippen molar-refractivity contribution in [2.45, 2.75) is 13.5 Å². The van der Waals surface area contributed by atoms with Crippen LogP contribution in [0.25, 0.3) is 17.8 Å². The fraction of sp³-hybridized carbons (Fsp3) is 0.125. The summed E-state index contributed by atoms with van der Waals surface area (Å²) in [6.45, 7) is 2.54. The maximum absolute atomic E-state index is 12.3. The first-order valence-corrected chi connectivity index (χ1v) is 9.66. The first kappa shape index (κ1) is 19.4. The lowest BCUT2D eigenvalue weighted by Gasteiger charge is -2.08. The second-order valence-electron chi connectivity index (χ2n) is 6.98. The van der Waals surface area contributed by atoms with Gasteiger partial charge in [0.1, 0.15) is 12.4 Å². The summed E-state index contributed by atoms with van der Waals surface area (Å²) in [6, 6.07) is 23.8. The quantitative estimate of drug-likeness (QED) is 0.460. The molecule has 3 aromatic carbocycles. The third-order valence-electron chi connectivity index (χ3n) is 4.82. The summed E-state index contributed by atoms with van der Waals surface area (Å²) >= 11 is 0. The van der Waals surface area contributed by atoms with Crippen LogP contribution in [0.15, 0.2) is 77.6 Å². The van der Waals surface area contributed by atoms with Gasteiger partial charge in [0.2, 0.25) is 0 Å². The van der Waals surface area contributed by atoms with Crippen LogP contribution in [0.4, 0.5) is 0 Å². The van der Waals surface area contributed by atoms with Crippen LogP contribution >= 0.6 is 0 Å². The predicted octanol–water partition coefficient (Wildman–Crippen LogP) is 4.02. The van der Waals surface area contributed by atoms with E-state index in [1.807, 2.05) is 91.9 Å². The minimum atomic E-state index is -0.282. The molecule has 150 valence electrons. The zero-order valence-corrected chi connectivity index (χ0v) is 16.9. The van der Waals surface area contributed by atoms with Gasteiger partial charge in [-0.1, -0.05) is 66.7 Å². The minimum absolute atomic E-state index is 0.282. The van der Waals surface area contributed by atoms with Crippen LogP contribution in [0.1, 0.15) is 22.3 Å². The van der Waals surface area contributed by atoms with Crippen molar-refractivity contribution in [1.82, 2.24) is 19.8 Å². The molecule has 0 unspecified atom stereocenters. The predicted molar refractivity (Wildman–Crippen MR) is 117 cm³/mol. The molecule has 30 heavy (non-hydrogen) atoms. The summed E-state index contributed by atoms with van der Waals surface area (Å²) < 4.78 is 8.37. The molecule has 6 heteroatoms. The summed E-state index contributed by atoms with van der Waals surface area (Å²) in [5, 5.41) is 7.78. The average molecular weight is 398 g/mol. The molecule has 0 saturated heterocycles. The summed E-state index contributed by atoms with van der Waals surface area (Å²) in [6.07, 6.45) is 4.00. The Labute approximate surface area is 174 Å². The normalized spacial score (nSPS) is 11.1. The Kier molecular flexibility index (Phi) is 5.57. The van der Waals surface area contributed by atoms with E-state index in [2.05, 4.69) is 10.4 Å². The SMILES string of the molecule is Cc1cccc(-n2nnn(C)c2=O)c1C=Cc1ccc(OCc2ccccc2)cc1. The molecule has 4 aromatic rings. The third-order valence-corrected chi connectivity index (χ3v) is 4.82. The number of benzene rings is 3. The number of ether oxygens (including phenoxy) is 1. The second-order valence-corrected chi connectivity index (χ2v) is 6.98. The summed E-state index contributed by atoms with van der Waals surface area (Å²) in [7, 11) is 1.58. The fourth-order valence-electron chi connectivity index (χ4n) is 3.13. The Morgan fingerprint density at radius 2 is 1.67 bits per heavy atom. The lowest BCUT2D eigenvalue weighted by molar-refractivity contribution is 0.306. The first-order valence-electron chi connectivity index (χ1n) is 9.66. The van der Waals surface area contributed by atoms with E-state index >= 15 is 0 Å². The van der Waals surface area contributed by atoms with Gasteiger partial charge >= 0.3 is 5.69 Å². The number of aryl methyl sites for hydroxylation is 2. The van der Waals surface area contributed by atoms with E-state index in [4.69, 9.17) is 4.74 Å². The van der Waals surface area contributed by atoms with Gasteiger partial charge in [-0.3, -0.25) is 0 Å². The summed E-state index contributed by atoms with van der Waals surface area (Å²) in [5.74, 6) is 0.818. The lowest BCUT2D eigenvalue weighted by Crippen LogP contribution is -2.22. The number of aromatic nitrogens is 4. The van der Waals surface area contributed by atoms with Gasteiger partial charge in [-0.2, -0.15) is 9.36 Å². The Bertz CT molecular complexity index is 1220. The van der Waals surface area contributed by atoms with E-state index in [0.29, 0.717) is 12.3 Å². The molecule has 0 aliphatic rings. The smallest absolute Gasteiger partial charge is 0.368 e. The Hall–Kier alpha value is -3.93. The van der Waals surface area contributed by atoms with E-state index in [9.17, 15) is 4.79 Å². The van der Waals surface area contributed by atoms with Gasteiger partial charge in [-0.25, -0.2) is 4.79 Å². The molecule has 0 aliphatic heterocycles. The highest BCUT2D eigenvalue weighted by atomic mass is 16.5. The molecule has 0 spiro atoms. The van der Waals surface area contributed by atoms with Crippen LogP contribution in [0.3, 0.4) is 0 Å². The highest BCUT2D eigenvalue weighted by molar-refractivity contribution is 5.75. The maximum Gasteiger partial charge on any atom is 0.368 e. The Morgan fingerprint density at radius 3 is 2.37 bits per heavy atom. The standard InChI is InChI=1S/C24H22N4O2/c1-18-7-6-10-23(28-24(29)27(2)25-26-28)22(18)16-13-19-11-14-21(15-12-19)30-17-20-8-4-3-5-9-20/h3-16H,17H2,1-2H3. The van der Waals surface area contributed by atoms with Crippen LogP contribution in [-0.4, -0.2) is 19.8 Å². The van der Waals surface area contributed by atoms with Crippen LogP contribution in [0.5, 0.6) is 5.75 Å². The molecule has 0 fully saturated rings. The van der Waals surface area contributed by atoms with Crippen molar-refractivity contribution in [2.24, 2.45) is 7.05 Å². The largest absolute Gasteiger partial charge is 0.489 e.